The summed E-state index contributed by atoms with van der Waals surface area (Å²) in [4.78, 5) is 11.4. The number of rotatable bonds is 5. The molecule has 1 aliphatic heterocycles. The monoisotopic (exact) mass is 274 g/mol. The standard InChI is InChI=1S/C16H22N2O2/c1-2-3-6-17-11-7-10-9-18-14-5-4-12(16(19)20)13(8-11)15(10)14/h4-5,10-11,17-18H,2-3,6-9H2,1H3,(H,19,20). The zero-order valence-corrected chi connectivity index (χ0v) is 11.9. The van der Waals surface area contributed by atoms with Gasteiger partial charge in [-0.15, -0.1) is 0 Å². The van der Waals surface area contributed by atoms with E-state index in [1.165, 1.54) is 18.4 Å². The van der Waals surface area contributed by atoms with Crippen LogP contribution in [-0.4, -0.2) is 30.2 Å². The fraction of sp³-hybridized carbons (Fsp3) is 0.562. The van der Waals surface area contributed by atoms with Gasteiger partial charge < -0.3 is 15.7 Å². The highest BCUT2D eigenvalue weighted by molar-refractivity contribution is 5.91. The van der Waals surface area contributed by atoms with Crippen LogP contribution in [0.3, 0.4) is 0 Å². The number of carbonyl (C=O) groups is 1. The number of carboxylic acids is 1. The molecule has 1 aromatic carbocycles. The Kier molecular flexibility index (Phi) is 3.66. The Bertz CT molecular complexity index is 527. The van der Waals surface area contributed by atoms with Gasteiger partial charge in [0.05, 0.1) is 5.56 Å². The molecule has 2 aliphatic rings. The maximum absolute atomic E-state index is 11.4. The van der Waals surface area contributed by atoms with E-state index in [9.17, 15) is 9.90 Å². The van der Waals surface area contributed by atoms with Crippen LogP contribution in [0.25, 0.3) is 0 Å². The van der Waals surface area contributed by atoms with Crippen LogP contribution in [-0.2, 0) is 6.42 Å². The minimum atomic E-state index is -0.803. The van der Waals surface area contributed by atoms with Crippen molar-refractivity contribution in [3.8, 4) is 0 Å². The molecule has 3 N–H and O–H groups in total. The molecule has 3 rings (SSSR count). The average Bonchev–Trinajstić information content (AvgIpc) is 2.84. The van der Waals surface area contributed by atoms with Crippen LogP contribution in [0.2, 0.25) is 0 Å². The Hall–Kier alpha value is -1.55. The topological polar surface area (TPSA) is 61.4 Å². The Labute approximate surface area is 119 Å². The molecule has 0 fully saturated rings. The number of aromatic carboxylic acids is 1. The van der Waals surface area contributed by atoms with Crippen LogP contribution < -0.4 is 10.6 Å². The molecule has 0 aromatic heterocycles. The van der Waals surface area contributed by atoms with Gasteiger partial charge in [-0.3, -0.25) is 0 Å². The van der Waals surface area contributed by atoms with Crippen molar-refractivity contribution >= 4 is 11.7 Å². The lowest BCUT2D eigenvalue weighted by atomic mass is 9.79. The summed E-state index contributed by atoms with van der Waals surface area (Å²) in [6.45, 7) is 4.16. The minimum absolute atomic E-state index is 0.410. The number of hydrogen-bond donors (Lipinski definition) is 3. The van der Waals surface area contributed by atoms with Crippen molar-refractivity contribution in [1.29, 1.82) is 0 Å². The Morgan fingerprint density at radius 1 is 1.50 bits per heavy atom. The molecule has 1 heterocycles. The third-order valence-electron chi connectivity index (χ3n) is 4.52. The first-order valence-electron chi connectivity index (χ1n) is 7.57. The zero-order valence-electron chi connectivity index (χ0n) is 11.9. The van der Waals surface area contributed by atoms with Crippen molar-refractivity contribution in [3.05, 3.63) is 28.8 Å². The number of carboxylic acid groups (broad SMARTS) is 1. The maximum Gasteiger partial charge on any atom is 0.335 e. The zero-order chi connectivity index (χ0) is 14.1. The van der Waals surface area contributed by atoms with Gasteiger partial charge in [0.15, 0.2) is 0 Å². The highest BCUT2D eigenvalue weighted by Crippen LogP contribution is 2.42. The van der Waals surface area contributed by atoms with Crippen LogP contribution in [0.5, 0.6) is 0 Å². The van der Waals surface area contributed by atoms with Crippen molar-refractivity contribution in [1.82, 2.24) is 5.32 Å². The molecule has 4 nitrogen and oxygen atoms in total. The molecule has 20 heavy (non-hydrogen) atoms. The highest BCUT2D eigenvalue weighted by Gasteiger charge is 2.34. The number of benzene rings is 1. The van der Waals surface area contributed by atoms with E-state index >= 15 is 0 Å². The van der Waals surface area contributed by atoms with Crippen molar-refractivity contribution in [2.45, 2.75) is 44.6 Å². The van der Waals surface area contributed by atoms with Crippen molar-refractivity contribution < 1.29 is 9.90 Å². The molecule has 4 heteroatoms. The fourth-order valence-electron chi connectivity index (χ4n) is 3.55. The Balaban J connectivity index is 1.87. The molecule has 0 radical (unpaired) electrons. The van der Waals surface area contributed by atoms with Crippen LogP contribution in [0.1, 0.15) is 53.6 Å². The quantitative estimate of drug-likeness (QED) is 0.722. The van der Waals surface area contributed by atoms with Crippen molar-refractivity contribution in [3.63, 3.8) is 0 Å². The Morgan fingerprint density at radius 2 is 2.35 bits per heavy atom. The van der Waals surface area contributed by atoms with E-state index < -0.39 is 5.97 Å². The summed E-state index contributed by atoms with van der Waals surface area (Å²) in [6.07, 6.45) is 4.32. The molecule has 0 saturated carbocycles. The number of anilines is 1. The molecule has 0 spiro atoms. The van der Waals surface area contributed by atoms with Crippen LogP contribution in [0.15, 0.2) is 12.1 Å². The van der Waals surface area contributed by atoms with Gasteiger partial charge >= 0.3 is 5.97 Å². The lowest BCUT2D eigenvalue weighted by Gasteiger charge is -2.30. The summed E-state index contributed by atoms with van der Waals surface area (Å²) in [7, 11) is 0. The smallest absolute Gasteiger partial charge is 0.335 e. The van der Waals surface area contributed by atoms with Crippen molar-refractivity contribution in [2.75, 3.05) is 18.4 Å². The highest BCUT2D eigenvalue weighted by atomic mass is 16.4. The van der Waals surface area contributed by atoms with E-state index in [0.29, 0.717) is 17.5 Å². The first kappa shape index (κ1) is 13.4. The maximum atomic E-state index is 11.4. The minimum Gasteiger partial charge on any atom is -0.478 e. The van der Waals surface area contributed by atoms with E-state index in [2.05, 4.69) is 17.6 Å². The molecule has 2 atom stereocenters. The Morgan fingerprint density at radius 3 is 3.10 bits per heavy atom. The first-order valence-corrected chi connectivity index (χ1v) is 7.57. The molecule has 0 amide bonds. The van der Waals surface area contributed by atoms with Gasteiger partial charge in [-0.25, -0.2) is 4.79 Å². The van der Waals surface area contributed by atoms with Gasteiger partial charge in [-0.2, -0.15) is 0 Å². The van der Waals surface area contributed by atoms with Crippen LogP contribution in [0, 0.1) is 0 Å². The normalized spacial score (nSPS) is 23.2. The molecule has 0 saturated heterocycles. The lowest BCUT2D eigenvalue weighted by Crippen LogP contribution is -2.37. The predicted molar refractivity (Wildman–Crippen MR) is 79.7 cm³/mol. The summed E-state index contributed by atoms with van der Waals surface area (Å²) in [5.74, 6) is -0.338. The van der Waals surface area contributed by atoms with E-state index in [1.807, 2.05) is 6.07 Å². The number of hydrogen-bond acceptors (Lipinski definition) is 3. The summed E-state index contributed by atoms with van der Waals surface area (Å²) < 4.78 is 0. The molecule has 108 valence electrons. The number of unbranched alkanes of at least 4 members (excludes halogenated alkanes) is 1. The average molecular weight is 274 g/mol. The SMILES string of the molecule is CCCCNC1Cc2c(C(=O)O)ccc3c2C(CN3)C1. The van der Waals surface area contributed by atoms with E-state index in [-0.39, 0.29) is 0 Å². The van der Waals surface area contributed by atoms with Gasteiger partial charge in [-0.1, -0.05) is 13.3 Å². The molecule has 1 aliphatic carbocycles. The summed E-state index contributed by atoms with van der Waals surface area (Å²) in [6, 6.07) is 4.08. The predicted octanol–water partition coefficient (Wildman–Crippen LogP) is 2.60. The van der Waals surface area contributed by atoms with E-state index in [1.54, 1.807) is 6.07 Å². The molecular formula is C16H22N2O2. The van der Waals surface area contributed by atoms with Gasteiger partial charge in [-0.05, 0) is 49.1 Å². The van der Waals surface area contributed by atoms with Gasteiger partial charge in [0.25, 0.3) is 0 Å². The molecule has 1 aromatic rings. The summed E-state index contributed by atoms with van der Waals surface area (Å²) >= 11 is 0. The van der Waals surface area contributed by atoms with Gasteiger partial charge in [0, 0.05) is 24.2 Å². The largest absolute Gasteiger partial charge is 0.478 e. The molecule has 0 bridgehead atoms. The van der Waals surface area contributed by atoms with Gasteiger partial charge in [0.2, 0.25) is 0 Å². The van der Waals surface area contributed by atoms with E-state index in [0.717, 1.165) is 37.2 Å². The molecular weight excluding hydrogens is 252 g/mol. The first-order chi connectivity index (χ1) is 9.70. The third kappa shape index (κ3) is 2.29. The lowest BCUT2D eigenvalue weighted by molar-refractivity contribution is 0.0695. The number of nitrogens with one attached hydrogen (secondary N) is 2. The second kappa shape index (κ2) is 5.44. The third-order valence-corrected chi connectivity index (χ3v) is 4.52. The molecule has 2 unspecified atom stereocenters. The second-order valence-corrected chi connectivity index (χ2v) is 5.88. The van der Waals surface area contributed by atoms with Crippen LogP contribution in [0.4, 0.5) is 5.69 Å². The van der Waals surface area contributed by atoms with Crippen LogP contribution >= 0.6 is 0 Å². The fourth-order valence-corrected chi connectivity index (χ4v) is 3.55. The summed E-state index contributed by atoms with van der Waals surface area (Å²) in [5.41, 5.74) is 3.94. The summed E-state index contributed by atoms with van der Waals surface area (Å²) in [5, 5.41) is 16.4. The van der Waals surface area contributed by atoms with Gasteiger partial charge in [0.1, 0.15) is 0 Å². The van der Waals surface area contributed by atoms with E-state index in [4.69, 9.17) is 0 Å². The van der Waals surface area contributed by atoms with Crippen molar-refractivity contribution in [2.24, 2.45) is 0 Å². The second-order valence-electron chi connectivity index (χ2n) is 5.88.